The highest BCUT2D eigenvalue weighted by Crippen LogP contribution is 2.16. The number of aliphatic hydroxyl groups excluding tert-OH is 1. The predicted molar refractivity (Wildman–Crippen MR) is 68.0 cm³/mol. The molecule has 0 bridgehead atoms. The van der Waals surface area contributed by atoms with E-state index in [1.54, 1.807) is 26.0 Å². The molecule has 0 fully saturated rings. The molecule has 102 valence electrons. The maximum Gasteiger partial charge on any atom is 0.320 e. The van der Waals surface area contributed by atoms with Crippen LogP contribution in [0.5, 0.6) is 0 Å². The summed E-state index contributed by atoms with van der Waals surface area (Å²) in [5, 5.41) is 22.0. The first-order valence-corrected chi connectivity index (χ1v) is 6.05. The summed E-state index contributed by atoms with van der Waals surface area (Å²) in [5.41, 5.74) is 0. The molecule has 0 aromatic heterocycles. The van der Waals surface area contributed by atoms with E-state index < -0.39 is 18.1 Å². The third-order valence-corrected chi connectivity index (χ3v) is 3.35. The third-order valence-electron chi connectivity index (χ3n) is 3.35. The minimum atomic E-state index is -0.807. The zero-order valence-corrected chi connectivity index (χ0v) is 11.5. The van der Waals surface area contributed by atoms with Gasteiger partial charge < -0.3 is 15.5 Å². The summed E-state index contributed by atoms with van der Waals surface area (Å²) in [6.45, 7) is 3.87. The first-order chi connectivity index (χ1) is 7.81. The van der Waals surface area contributed by atoms with Crippen LogP contribution in [0.25, 0.3) is 0 Å². The van der Waals surface area contributed by atoms with E-state index in [9.17, 15) is 9.90 Å². The monoisotopic (exact) mass is 246 g/mol. The van der Waals surface area contributed by atoms with Crippen LogP contribution in [0, 0.1) is 5.92 Å². The molecule has 0 aliphatic rings. The largest absolute Gasteiger partial charge is 0.480 e. The highest BCUT2D eigenvalue weighted by Gasteiger charge is 2.24. The van der Waals surface area contributed by atoms with Crippen molar-refractivity contribution >= 4 is 5.97 Å². The van der Waals surface area contributed by atoms with E-state index in [0.29, 0.717) is 12.8 Å². The number of aliphatic carboxylic acids is 1. The Bertz CT molecular complexity index is 234. The summed E-state index contributed by atoms with van der Waals surface area (Å²) in [6.07, 6.45) is 0.802. The molecule has 0 aromatic carbocycles. The molecular formula is C12H26N2O3. The lowest BCUT2D eigenvalue weighted by Gasteiger charge is -2.27. The number of rotatable bonds is 8. The standard InChI is InChI=1S/C12H26N2O3/c1-8(11(15)9(2)13-3)6-7-10(12(16)17)14(4)5/h8-11,13,15H,6-7H2,1-5H3,(H,16,17). The number of carboxylic acids is 1. The molecule has 0 amide bonds. The smallest absolute Gasteiger partial charge is 0.320 e. The predicted octanol–water partition coefficient (Wildman–Crippen LogP) is 0.386. The van der Waals surface area contributed by atoms with E-state index in [1.807, 2.05) is 13.8 Å². The molecular weight excluding hydrogens is 220 g/mol. The van der Waals surface area contributed by atoms with Crippen LogP contribution in [0.1, 0.15) is 26.7 Å². The van der Waals surface area contributed by atoms with E-state index in [4.69, 9.17) is 5.11 Å². The van der Waals surface area contributed by atoms with Crippen molar-refractivity contribution in [3.63, 3.8) is 0 Å². The van der Waals surface area contributed by atoms with Gasteiger partial charge in [-0.1, -0.05) is 6.92 Å². The average molecular weight is 246 g/mol. The minimum Gasteiger partial charge on any atom is -0.480 e. The van der Waals surface area contributed by atoms with Gasteiger partial charge in [0.05, 0.1) is 6.10 Å². The second kappa shape index (κ2) is 7.63. The highest BCUT2D eigenvalue weighted by atomic mass is 16.4. The number of carboxylic acid groups (broad SMARTS) is 1. The second-order valence-electron chi connectivity index (χ2n) is 4.94. The molecule has 0 aliphatic carbocycles. The number of nitrogens with one attached hydrogen (secondary N) is 1. The number of aliphatic hydroxyl groups is 1. The van der Waals surface area contributed by atoms with Gasteiger partial charge in [0.2, 0.25) is 0 Å². The van der Waals surface area contributed by atoms with Gasteiger partial charge in [-0.25, -0.2) is 0 Å². The highest BCUT2D eigenvalue weighted by molar-refractivity contribution is 5.73. The number of hydrogen-bond acceptors (Lipinski definition) is 4. The van der Waals surface area contributed by atoms with Crippen LogP contribution in [0.4, 0.5) is 0 Å². The number of carbonyl (C=O) groups is 1. The fourth-order valence-electron chi connectivity index (χ4n) is 1.86. The Morgan fingerprint density at radius 2 is 1.82 bits per heavy atom. The van der Waals surface area contributed by atoms with Crippen molar-refractivity contribution in [2.75, 3.05) is 21.1 Å². The zero-order chi connectivity index (χ0) is 13.6. The molecule has 5 heteroatoms. The topological polar surface area (TPSA) is 72.8 Å². The van der Waals surface area contributed by atoms with Crippen molar-refractivity contribution in [1.29, 1.82) is 0 Å². The van der Waals surface area contributed by atoms with E-state index in [1.165, 1.54) is 0 Å². The molecule has 0 aliphatic heterocycles. The molecule has 0 aromatic rings. The second-order valence-corrected chi connectivity index (χ2v) is 4.94. The molecule has 4 unspecified atom stereocenters. The van der Waals surface area contributed by atoms with Gasteiger partial charge >= 0.3 is 5.97 Å². The molecule has 3 N–H and O–H groups in total. The van der Waals surface area contributed by atoms with E-state index >= 15 is 0 Å². The van der Waals surface area contributed by atoms with E-state index in [2.05, 4.69) is 5.32 Å². The van der Waals surface area contributed by atoms with Crippen LogP contribution in [0.3, 0.4) is 0 Å². The van der Waals surface area contributed by atoms with Gasteiger partial charge in [-0.3, -0.25) is 9.69 Å². The summed E-state index contributed by atoms with van der Waals surface area (Å²) >= 11 is 0. The average Bonchev–Trinajstić information content (AvgIpc) is 2.25. The molecule has 0 saturated carbocycles. The maximum absolute atomic E-state index is 11.0. The van der Waals surface area contributed by atoms with Gasteiger partial charge in [0.25, 0.3) is 0 Å². The minimum absolute atomic E-state index is 0.0210. The first kappa shape index (κ1) is 16.4. The fraction of sp³-hybridized carbons (Fsp3) is 0.917. The van der Waals surface area contributed by atoms with Crippen LogP contribution in [0.15, 0.2) is 0 Å². The Hall–Kier alpha value is -0.650. The molecule has 5 nitrogen and oxygen atoms in total. The summed E-state index contributed by atoms with van der Waals surface area (Å²) < 4.78 is 0. The normalized spacial score (nSPS) is 18.8. The molecule has 4 atom stereocenters. The van der Waals surface area contributed by atoms with Crippen molar-refractivity contribution in [2.45, 2.75) is 44.9 Å². The molecule has 0 radical (unpaired) electrons. The molecule has 0 spiro atoms. The van der Waals surface area contributed by atoms with Crippen LogP contribution in [-0.4, -0.2) is 60.4 Å². The van der Waals surface area contributed by atoms with Gasteiger partial charge in [0, 0.05) is 6.04 Å². The number of likely N-dealkylation sites (N-methyl/N-ethyl adjacent to an activating group) is 2. The Balaban J connectivity index is 4.21. The van der Waals surface area contributed by atoms with Gasteiger partial charge in [-0.2, -0.15) is 0 Å². The van der Waals surface area contributed by atoms with Crippen LogP contribution in [0.2, 0.25) is 0 Å². The Morgan fingerprint density at radius 3 is 2.18 bits per heavy atom. The zero-order valence-electron chi connectivity index (χ0n) is 11.5. The number of hydrogen-bond donors (Lipinski definition) is 3. The maximum atomic E-state index is 11.0. The van der Waals surface area contributed by atoms with E-state index in [-0.39, 0.29) is 12.0 Å². The lowest BCUT2D eigenvalue weighted by Crippen LogP contribution is -2.40. The summed E-state index contributed by atoms with van der Waals surface area (Å²) in [7, 11) is 5.33. The van der Waals surface area contributed by atoms with Gasteiger partial charge in [0.15, 0.2) is 0 Å². The first-order valence-electron chi connectivity index (χ1n) is 6.05. The lowest BCUT2D eigenvalue weighted by molar-refractivity contribution is -0.142. The Morgan fingerprint density at radius 1 is 1.29 bits per heavy atom. The van der Waals surface area contributed by atoms with Crippen molar-refractivity contribution < 1.29 is 15.0 Å². The lowest BCUT2D eigenvalue weighted by atomic mass is 9.92. The van der Waals surface area contributed by atoms with Crippen LogP contribution < -0.4 is 5.32 Å². The van der Waals surface area contributed by atoms with Gasteiger partial charge in [-0.15, -0.1) is 0 Å². The van der Waals surface area contributed by atoms with Crippen molar-refractivity contribution in [2.24, 2.45) is 5.92 Å². The molecule has 0 saturated heterocycles. The summed E-state index contributed by atoms with van der Waals surface area (Å²) in [6, 6.07) is -0.456. The third kappa shape index (κ3) is 5.48. The van der Waals surface area contributed by atoms with Crippen molar-refractivity contribution in [1.82, 2.24) is 10.2 Å². The Labute approximate surface area is 104 Å². The van der Waals surface area contributed by atoms with Crippen molar-refractivity contribution in [3.05, 3.63) is 0 Å². The fourth-order valence-corrected chi connectivity index (χ4v) is 1.86. The summed E-state index contributed by atoms with van der Waals surface area (Å²) in [4.78, 5) is 12.7. The number of nitrogens with zero attached hydrogens (tertiary/aromatic N) is 1. The van der Waals surface area contributed by atoms with Crippen LogP contribution in [-0.2, 0) is 4.79 Å². The Kier molecular flexibility index (Phi) is 7.34. The quantitative estimate of drug-likeness (QED) is 0.578. The van der Waals surface area contributed by atoms with Crippen molar-refractivity contribution in [3.8, 4) is 0 Å². The van der Waals surface area contributed by atoms with Gasteiger partial charge in [0.1, 0.15) is 6.04 Å². The molecule has 17 heavy (non-hydrogen) atoms. The van der Waals surface area contributed by atoms with E-state index in [0.717, 1.165) is 0 Å². The summed E-state index contributed by atoms with van der Waals surface area (Å²) in [5.74, 6) is -0.724. The van der Waals surface area contributed by atoms with Crippen LogP contribution >= 0.6 is 0 Å². The SMILES string of the molecule is CNC(C)C(O)C(C)CCC(C(=O)O)N(C)C. The molecule has 0 rings (SSSR count). The molecule has 0 heterocycles. The van der Waals surface area contributed by atoms with Gasteiger partial charge in [-0.05, 0) is 46.8 Å².